The fourth-order valence-electron chi connectivity index (χ4n) is 5.47. The van der Waals surface area contributed by atoms with Crippen LogP contribution in [-0.4, -0.2) is 23.9 Å². The van der Waals surface area contributed by atoms with E-state index in [1.54, 1.807) is 6.07 Å². The van der Waals surface area contributed by atoms with Crippen molar-refractivity contribution in [3.63, 3.8) is 0 Å². The molecule has 5 nitrogen and oxygen atoms in total. The van der Waals surface area contributed by atoms with Crippen LogP contribution < -0.4 is 10.6 Å². The number of carbonyl (C=O) groups excluding carboxylic acids is 2. The molecule has 0 bridgehead atoms. The Hall–Kier alpha value is -1.78. The van der Waals surface area contributed by atoms with Crippen molar-refractivity contribution in [3.8, 4) is 0 Å². The summed E-state index contributed by atoms with van der Waals surface area (Å²) in [6, 6.07) is 1.68. The first kappa shape index (κ1) is 17.6. The van der Waals surface area contributed by atoms with Gasteiger partial charge in [-0.15, -0.1) is 0 Å². The van der Waals surface area contributed by atoms with Crippen LogP contribution in [-0.2, 0) is 4.79 Å². The second-order valence-electron chi connectivity index (χ2n) is 8.68. The number of furan rings is 1. The lowest BCUT2D eigenvalue weighted by Crippen LogP contribution is -2.61. The maximum absolute atomic E-state index is 12.7. The Bertz CT molecular complexity index is 656. The lowest BCUT2D eigenvalue weighted by molar-refractivity contribution is -0.132. The van der Waals surface area contributed by atoms with E-state index >= 15 is 0 Å². The zero-order valence-corrected chi connectivity index (χ0v) is 15.6. The summed E-state index contributed by atoms with van der Waals surface area (Å²) in [6.45, 7) is 2.72. The Kier molecular flexibility index (Phi) is 4.80. The summed E-state index contributed by atoms with van der Waals surface area (Å²) >= 11 is 0. The van der Waals surface area contributed by atoms with Gasteiger partial charge < -0.3 is 15.1 Å². The number of carbonyl (C=O) groups is 2. The van der Waals surface area contributed by atoms with Crippen molar-refractivity contribution in [2.45, 2.75) is 63.8 Å². The van der Waals surface area contributed by atoms with Crippen molar-refractivity contribution in [2.24, 2.45) is 23.7 Å². The summed E-state index contributed by atoms with van der Waals surface area (Å²) in [4.78, 5) is 25.4. The van der Waals surface area contributed by atoms with Crippen LogP contribution in [0.2, 0.25) is 0 Å². The Morgan fingerprint density at radius 2 is 2.12 bits per heavy atom. The van der Waals surface area contributed by atoms with E-state index < -0.39 is 0 Å². The molecule has 26 heavy (non-hydrogen) atoms. The Morgan fingerprint density at radius 1 is 1.23 bits per heavy atom. The molecule has 2 amide bonds. The SMILES string of the molecule is CC1CCCCC1(CNC(=O)C1CC2CCCC21)NC(=O)c1ccoc1. The second kappa shape index (κ2) is 7.09. The summed E-state index contributed by atoms with van der Waals surface area (Å²) in [5, 5.41) is 6.46. The molecule has 3 aliphatic rings. The molecule has 4 rings (SSSR count). The van der Waals surface area contributed by atoms with Gasteiger partial charge in [-0.05, 0) is 49.5 Å². The van der Waals surface area contributed by atoms with E-state index in [1.807, 2.05) is 0 Å². The van der Waals surface area contributed by atoms with Crippen LogP contribution in [0.5, 0.6) is 0 Å². The monoisotopic (exact) mass is 358 g/mol. The van der Waals surface area contributed by atoms with Gasteiger partial charge in [0.2, 0.25) is 5.91 Å². The second-order valence-corrected chi connectivity index (χ2v) is 8.68. The van der Waals surface area contributed by atoms with Crippen LogP contribution in [0.15, 0.2) is 23.0 Å². The highest BCUT2D eigenvalue weighted by Gasteiger charge is 2.48. The zero-order chi connectivity index (χ0) is 18.1. The number of hydrogen-bond donors (Lipinski definition) is 2. The maximum Gasteiger partial charge on any atom is 0.255 e. The van der Waals surface area contributed by atoms with E-state index in [-0.39, 0.29) is 23.3 Å². The largest absolute Gasteiger partial charge is 0.472 e. The molecular formula is C21H30N2O3. The van der Waals surface area contributed by atoms with E-state index in [1.165, 1.54) is 38.2 Å². The van der Waals surface area contributed by atoms with Crippen LogP contribution in [0.4, 0.5) is 0 Å². The summed E-state index contributed by atoms with van der Waals surface area (Å²) in [5.41, 5.74) is 0.183. The number of rotatable bonds is 5. The van der Waals surface area contributed by atoms with E-state index in [0.717, 1.165) is 31.6 Å². The first-order valence-electron chi connectivity index (χ1n) is 10.2. The van der Waals surface area contributed by atoms with E-state index in [4.69, 9.17) is 4.42 Å². The average molecular weight is 358 g/mol. The lowest BCUT2D eigenvalue weighted by Gasteiger charge is -2.45. The van der Waals surface area contributed by atoms with E-state index in [2.05, 4.69) is 17.6 Å². The Labute approximate surface area is 155 Å². The molecule has 3 saturated carbocycles. The average Bonchev–Trinajstić information content (AvgIpc) is 3.26. The molecule has 3 fully saturated rings. The van der Waals surface area contributed by atoms with Gasteiger partial charge in [0, 0.05) is 12.5 Å². The highest BCUT2D eigenvalue weighted by atomic mass is 16.3. The molecule has 142 valence electrons. The third-order valence-electron chi connectivity index (χ3n) is 7.31. The molecule has 0 radical (unpaired) electrons. The predicted octanol–water partition coefficient (Wildman–Crippen LogP) is 3.51. The lowest BCUT2D eigenvalue weighted by atomic mass is 9.66. The fourth-order valence-corrected chi connectivity index (χ4v) is 5.47. The smallest absolute Gasteiger partial charge is 0.255 e. The molecule has 5 atom stereocenters. The van der Waals surface area contributed by atoms with Crippen molar-refractivity contribution < 1.29 is 14.0 Å². The fraction of sp³-hybridized carbons (Fsp3) is 0.714. The van der Waals surface area contributed by atoms with Crippen LogP contribution in [0.1, 0.15) is 68.6 Å². The maximum atomic E-state index is 12.7. The van der Waals surface area contributed by atoms with E-state index in [0.29, 0.717) is 23.9 Å². The molecule has 0 saturated heterocycles. The number of fused-ring (bicyclic) bond motifs is 1. The first-order valence-corrected chi connectivity index (χ1v) is 10.2. The topological polar surface area (TPSA) is 71.3 Å². The highest BCUT2D eigenvalue weighted by molar-refractivity contribution is 5.94. The van der Waals surface area contributed by atoms with Gasteiger partial charge in [-0.2, -0.15) is 0 Å². The van der Waals surface area contributed by atoms with Crippen molar-refractivity contribution >= 4 is 11.8 Å². The van der Waals surface area contributed by atoms with Gasteiger partial charge in [-0.1, -0.05) is 32.6 Å². The molecule has 0 aliphatic heterocycles. The molecule has 2 N–H and O–H groups in total. The molecule has 3 aliphatic carbocycles. The van der Waals surface area contributed by atoms with Gasteiger partial charge in [0.15, 0.2) is 0 Å². The normalized spacial score (nSPS) is 36.0. The minimum Gasteiger partial charge on any atom is -0.472 e. The van der Waals surface area contributed by atoms with Crippen LogP contribution in [0, 0.1) is 23.7 Å². The minimum absolute atomic E-state index is 0.110. The Balaban J connectivity index is 1.41. The highest BCUT2D eigenvalue weighted by Crippen LogP contribution is 2.51. The molecule has 5 unspecified atom stereocenters. The third kappa shape index (κ3) is 3.17. The van der Waals surface area contributed by atoms with Crippen molar-refractivity contribution in [2.75, 3.05) is 6.54 Å². The van der Waals surface area contributed by atoms with Gasteiger partial charge >= 0.3 is 0 Å². The number of hydrogen-bond acceptors (Lipinski definition) is 3. The zero-order valence-electron chi connectivity index (χ0n) is 15.6. The van der Waals surface area contributed by atoms with Gasteiger partial charge in [-0.25, -0.2) is 0 Å². The summed E-state index contributed by atoms with van der Waals surface area (Å²) in [7, 11) is 0. The van der Waals surface area contributed by atoms with Crippen LogP contribution >= 0.6 is 0 Å². The number of nitrogens with one attached hydrogen (secondary N) is 2. The van der Waals surface area contributed by atoms with Crippen LogP contribution in [0.25, 0.3) is 0 Å². The molecule has 0 aromatic carbocycles. The minimum atomic E-state index is -0.360. The standard InChI is InChI=1S/C21H30N2O3/c1-14-5-2-3-9-21(14,23-19(24)16-8-10-26-12-16)13-22-20(25)18-11-15-6-4-7-17(15)18/h8,10,12,14-15,17-18H,2-7,9,11,13H2,1H3,(H,22,25)(H,23,24). The molecule has 1 aromatic heterocycles. The Morgan fingerprint density at radius 3 is 2.85 bits per heavy atom. The summed E-state index contributed by atoms with van der Waals surface area (Å²) < 4.78 is 5.05. The third-order valence-corrected chi connectivity index (χ3v) is 7.31. The quantitative estimate of drug-likeness (QED) is 0.846. The molecule has 5 heteroatoms. The molecular weight excluding hydrogens is 328 g/mol. The summed E-state index contributed by atoms with van der Waals surface area (Å²) in [6.07, 6.45) is 12.1. The van der Waals surface area contributed by atoms with Gasteiger partial charge in [0.05, 0.1) is 17.4 Å². The summed E-state index contributed by atoms with van der Waals surface area (Å²) in [5.74, 6) is 2.02. The predicted molar refractivity (Wildman–Crippen MR) is 98.5 cm³/mol. The van der Waals surface area contributed by atoms with Crippen molar-refractivity contribution in [3.05, 3.63) is 24.2 Å². The molecule has 1 heterocycles. The molecule has 1 aromatic rings. The van der Waals surface area contributed by atoms with Gasteiger partial charge in [-0.3, -0.25) is 9.59 Å². The van der Waals surface area contributed by atoms with Gasteiger partial charge in [0.1, 0.15) is 6.26 Å². The van der Waals surface area contributed by atoms with Gasteiger partial charge in [0.25, 0.3) is 5.91 Å². The van der Waals surface area contributed by atoms with Crippen molar-refractivity contribution in [1.29, 1.82) is 0 Å². The first-order chi connectivity index (χ1) is 12.6. The van der Waals surface area contributed by atoms with Crippen LogP contribution in [0.3, 0.4) is 0 Å². The number of amides is 2. The molecule has 0 spiro atoms. The van der Waals surface area contributed by atoms with E-state index in [9.17, 15) is 9.59 Å². The van der Waals surface area contributed by atoms with Crippen molar-refractivity contribution in [1.82, 2.24) is 10.6 Å².